The Hall–Kier alpha value is -2.68. The van der Waals surface area contributed by atoms with Gasteiger partial charge in [0, 0.05) is 18.7 Å². The molecule has 0 unspecified atom stereocenters. The molecule has 1 aromatic carbocycles. The molecule has 0 bridgehead atoms. The zero-order valence-electron chi connectivity index (χ0n) is 11.7. The minimum Gasteiger partial charge on any atom is -0.504 e. The van der Waals surface area contributed by atoms with Gasteiger partial charge in [-0.05, 0) is 40.2 Å². The fraction of sp³-hybridized carbons (Fsp3) is 0.143. The fourth-order valence-electron chi connectivity index (χ4n) is 1.71. The summed E-state index contributed by atoms with van der Waals surface area (Å²) in [6.07, 6.45) is 0. The third kappa shape index (κ3) is 4.16. The molecule has 0 radical (unpaired) electrons. The highest BCUT2D eigenvalue weighted by Gasteiger charge is 2.13. The number of aromatic hydroxyl groups is 3. The van der Waals surface area contributed by atoms with Gasteiger partial charge in [0.25, 0.3) is 11.8 Å². The number of phenols is 3. The molecule has 2 rings (SSSR count). The summed E-state index contributed by atoms with van der Waals surface area (Å²) in [7, 11) is 0. The molecule has 0 atom stereocenters. The van der Waals surface area contributed by atoms with Crippen LogP contribution in [0.4, 0.5) is 0 Å². The highest BCUT2D eigenvalue weighted by atomic mass is 79.9. The largest absolute Gasteiger partial charge is 0.504 e. The normalized spacial score (nSPS) is 10.3. The minimum absolute atomic E-state index is 0.0286. The van der Waals surface area contributed by atoms with Crippen LogP contribution in [-0.2, 0) is 0 Å². The number of rotatable bonds is 5. The number of benzene rings is 1. The zero-order valence-corrected chi connectivity index (χ0v) is 13.3. The van der Waals surface area contributed by atoms with Crippen LogP contribution >= 0.6 is 15.9 Å². The van der Waals surface area contributed by atoms with E-state index in [2.05, 4.69) is 26.6 Å². The summed E-state index contributed by atoms with van der Waals surface area (Å²) < 4.78 is 5.50. The number of furan rings is 1. The summed E-state index contributed by atoms with van der Waals surface area (Å²) in [4.78, 5) is 23.5. The van der Waals surface area contributed by atoms with Crippen molar-refractivity contribution in [2.75, 3.05) is 13.1 Å². The molecule has 8 nitrogen and oxygen atoms in total. The zero-order chi connectivity index (χ0) is 17.0. The monoisotopic (exact) mass is 384 g/mol. The first-order valence-corrected chi connectivity index (χ1v) is 7.24. The molecule has 2 amide bonds. The van der Waals surface area contributed by atoms with Gasteiger partial charge in [-0.3, -0.25) is 9.59 Å². The summed E-state index contributed by atoms with van der Waals surface area (Å²) in [5.74, 6) is -2.77. The van der Waals surface area contributed by atoms with E-state index in [-0.39, 0.29) is 24.4 Å². The van der Waals surface area contributed by atoms with E-state index in [1.165, 1.54) is 6.07 Å². The Balaban J connectivity index is 1.82. The summed E-state index contributed by atoms with van der Waals surface area (Å²) in [5.41, 5.74) is -0.0286. The second kappa shape index (κ2) is 7.05. The highest BCUT2D eigenvalue weighted by molar-refractivity contribution is 9.10. The number of hydrogen-bond acceptors (Lipinski definition) is 6. The van der Waals surface area contributed by atoms with Crippen LogP contribution in [0.3, 0.4) is 0 Å². The number of hydrogen-bond donors (Lipinski definition) is 5. The number of nitrogens with one attached hydrogen (secondary N) is 2. The lowest BCUT2D eigenvalue weighted by atomic mass is 10.1. The molecule has 23 heavy (non-hydrogen) atoms. The first-order valence-electron chi connectivity index (χ1n) is 6.45. The van der Waals surface area contributed by atoms with Gasteiger partial charge >= 0.3 is 0 Å². The molecule has 1 aromatic heterocycles. The molecule has 2 aromatic rings. The van der Waals surface area contributed by atoms with Gasteiger partial charge in [-0.1, -0.05) is 0 Å². The maximum Gasteiger partial charge on any atom is 0.287 e. The Morgan fingerprint density at radius 2 is 1.57 bits per heavy atom. The lowest BCUT2D eigenvalue weighted by molar-refractivity contribution is 0.0909. The van der Waals surface area contributed by atoms with Gasteiger partial charge in [0.05, 0.1) is 0 Å². The molecule has 0 saturated carbocycles. The fourth-order valence-corrected chi connectivity index (χ4v) is 2.02. The molecule has 9 heteroatoms. The first-order chi connectivity index (χ1) is 10.9. The predicted octanol–water partition coefficient (Wildman–Crippen LogP) is 1.32. The lowest BCUT2D eigenvalue weighted by Crippen LogP contribution is -2.34. The molecule has 5 N–H and O–H groups in total. The highest BCUT2D eigenvalue weighted by Crippen LogP contribution is 2.35. The van der Waals surface area contributed by atoms with Crippen LogP contribution in [0.15, 0.2) is 33.4 Å². The lowest BCUT2D eigenvalue weighted by Gasteiger charge is -2.08. The van der Waals surface area contributed by atoms with Crippen molar-refractivity contribution >= 4 is 27.7 Å². The maximum absolute atomic E-state index is 11.8. The van der Waals surface area contributed by atoms with Gasteiger partial charge in [0.2, 0.25) is 0 Å². The predicted molar refractivity (Wildman–Crippen MR) is 82.5 cm³/mol. The van der Waals surface area contributed by atoms with E-state index >= 15 is 0 Å². The van der Waals surface area contributed by atoms with Crippen LogP contribution in [0, 0.1) is 0 Å². The Morgan fingerprint density at radius 3 is 2.09 bits per heavy atom. The maximum atomic E-state index is 11.8. The van der Waals surface area contributed by atoms with Gasteiger partial charge in [0.15, 0.2) is 27.7 Å². The Labute approximate surface area is 138 Å². The summed E-state index contributed by atoms with van der Waals surface area (Å²) in [6, 6.07) is 5.12. The number of phenolic OH excluding ortho intramolecular Hbond substituents is 3. The number of halogens is 1. The van der Waals surface area contributed by atoms with Gasteiger partial charge in [-0.2, -0.15) is 0 Å². The molecule has 0 aliphatic rings. The van der Waals surface area contributed by atoms with Crippen LogP contribution in [0.1, 0.15) is 20.9 Å². The van der Waals surface area contributed by atoms with Gasteiger partial charge in [0.1, 0.15) is 0 Å². The number of carbonyl (C=O) groups excluding carboxylic acids is 2. The molecule has 0 aliphatic carbocycles. The smallest absolute Gasteiger partial charge is 0.287 e. The van der Waals surface area contributed by atoms with Gasteiger partial charge in [-0.25, -0.2) is 0 Å². The van der Waals surface area contributed by atoms with Crippen molar-refractivity contribution in [1.29, 1.82) is 0 Å². The summed E-state index contributed by atoms with van der Waals surface area (Å²) in [6.45, 7) is 0.272. The average Bonchev–Trinajstić information content (AvgIpc) is 2.94. The van der Waals surface area contributed by atoms with Crippen LogP contribution in [0.25, 0.3) is 0 Å². The third-order valence-corrected chi connectivity index (χ3v) is 3.25. The van der Waals surface area contributed by atoms with Crippen molar-refractivity contribution in [2.45, 2.75) is 0 Å². The van der Waals surface area contributed by atoms with Gasteiger partial charge in [-0.15, -0.1) is 0 Å². The van der Waals surface area contributed by atoms with Crippen LogP contribution < -0.4 is 10.6 Å². The van der Waals surface area contributed by atoms with E-state index in [9.17, 15) is 24.9 Å². The molecule has 122 valence electrons. The van der Waals surface area contributed by atoms with Gasteiger partial charge < -0.3 is 30.4 Å². The Bertz CT molecular complexity index is 720. The number of amides is 2. The molecule has 0 saturated heterocycles. The molecule has 0 aliphatic heterocycles. The van der Waals surface area contributed by atoms with E-state index in [0.717, 1.165) is 12.1 Å². The molecule has 1 heterocycles. The van der Waals surface area contributed by atoms with Crippen LogP contribution in [-0.4, -0.2) is 40.2 Å². The van der Waals surface area contributed by atoms with Crippen molar-refractivity contribution in [3.05, 3.63) is 40.3 Å². The number of carbonyl (C=O) groups is 2. The third-order valence-electron chi connectivity index (χ3n) is 2.82. The van der Waals surface area contributed by atoms with Crippen molar-refractivity contribution in [2.24, 2.45) is 0 Å². The van der Waals surface area contributed by atoms with Crippen LogP contribution in [0.2, 0.25) is 0 Å². The van der Waals surface area contributed by atoms with E-state index < -0.39 is 29.1 Å². The van der Waals surface area contributed by atoms with Crippen molar-refractivity contribution in [3.8, 4) is 17.2 Å². The molecule has 0 fully saturated rings. The SMILES string of the molecule is O=C(NCCNC(=O)c1ccc(Br)o1)c1cc(O)c(O)c(O)c1. The summed E-state index contributed by atoms with van der Waals surface area (Å²) in [5, 5.41) is 32.9. The molecule has 0 spiro atoms. The molecular formula is C14H13BrN2O6. The van der Waals surface area contributed by atoms with E-state index in [4.69, 9.17) is 4.42 Å². The van der Waals surface area contributed by atoms with E-state index in [0.29, 0.717) is 4.67 Å². The van der Waals surface area contributed by atoms with Crippen LogP contribution in [0.5, 0.6) is 17.2 Å². The Morgan fingerprint density at radius 1 is 1.00 bits per heavy atom. The average molecular weight is 385 g/mol. The Kier molecular flexibility index (Phi) is 5.12. The van der Waals surface area contributed by atoms with E-state index in [1.807, 2.05) is 0 Å². The molecular weight excluding hydrogens is 372 g/mol. The quantitative estimate of drug-likeness (QED) is 0.390. The van der Waals surface area contributed by atoms with Crippen molar-refractivity contribution in [1.82, 2.24) is 10.6 Å². The van der Waals surface area contributed by atoms with Crippen molar-refractivity contribution < 1.29 is 29.3 Å². The second-order valence-corrected chi connectivity index (χ2v) is 5.26. The second-order valence-electron chi connectivity index (χ2n) is 4.48. The summed E-state index contributed by atoms with van der Waals surface area (Å²) >= 11 is 3.08. The van der Waals surface area contributed by atoms with Crippen molar-refractivity contribution in [3.63, 3.8) is 0 Å². The van der Waals surface area contributed by atoms with E-state index in [1.54, 1.807) is 6.07 Å². The first kappa shape index (κ1) is 16.7. The standard InChI is InChI=1S/C14H13BrN2O6/c15-11-2-1-10(23-11)14(22)17-4-3-16-13(21)7-5-8(18)12(20)9(19)6-7/h1-2,5-6,18-20H,3-4H2,(H,16,21)(H,17,22). The topological polar surface area (TPSA) is 132 Å². The minimum atomic E-state index is -0.696.